The van der Waals surface area contributed by atoms with Crippen LogP contribution in [0.3, 0.4) is 0 Å². The van der Waals surface area contributed by atoms with Crippen LogP contribution in [0, 0.1) is 7.11 Å². The Kier molecular flexibility index (Phi) is 4.64. The molecule has 0 fully saturated rings. The normalized spacial score (nSPS) is 11.7. The number of benzene rings is 1. The Bertz CT molecular complexity index is 335. The summed E-state index contributed by atoms with van der Waals surface area (Å²) < 4.78 is 9.83. The Morgan fingerprint density at radius 2 is 2.06 bits per heavy atom. The lowest BCUT2D eigenvalue weighted by Crippen LogP contribution is -2.11. The summed E-state index contributed by atoms with van der Waals surface area (Å²) in [5.41, 5.74) is 0.644. The van der Waals surface area contributed by atoms with E-state index in [0.29, 0.717) is 5.69 Å². The van der Waals surface area contributed by atoms with Crippen molar-refractivity contribution in [3.8, 4) is 5.75 Å². The zero-order valence-corrected chi connectivity index (χ0v) is 9.53. The van der Waals surface area contributed by atoms with E-state index in [-0.39, 0.29) is 6.10 Å². The lowest BCUT2D eigenvalue weighted by molar-refractivity contribution is 0.199. The van der Waals surface area contributed by atoms with Gasteiger partial charge in [0.2, 0.25) is 0 Å². The van der Waals surface area contributed by atoms with Crippen LogP contribution in [0.2, 0.25) is 0 Å². The van der Waals surface area contributed by atoms with Crippen molar-refractivity contribution in [2.45, 2.75) is 26.4 Å². The minimum absolute atomic E-state index is 0.184. The lowest BCUT2D eigenvalue weighted by Gasteiger charge is -2.12. The molecule has 1 rings (SSSR count). The van der Waals surface area contributed by atoms with Crippen molar-refractivity contribution in [1.82, 2.24) is 0 Å². The van der Waals surface area contributed by atoms with Crippen molar-refractivity contribution in [2.75, 3.05) is 5.32 Å². The van der Waals surface area contributed by atoms with Crippen LogP contribution in [0.15, 0.2) is 24.3 Å². The lowest BCUT2D eigenvalue weighted by atomic mass is 10.3. The first-order valence-electron chi connectivity index (χ1n) is 5.15. The van der Waals surface area contributed by atoms with Crippen LogP contribution < -0.4 is 10.1 Å². The quantitative estimate of drug-likeness (QED) is 0.850. The molecule has 1 aromatic carbocycles. The van der Waals surface area contributed by atoms with Crippen LogP contribution in [-0.4, -0.2) is 12.2 Å². The minimum Gasteiger partial charge on any atom is -0.491 e. The molecule has 87 valence electrons. The zero-order valence-electron chi connectivity index (χ0n) is 9.53. The van der Waals surface area contributed by atoms with Crippen LogP contribution >= 0.6 is 0 Å². The average molecular weight is 222 g/mol. The number of rotatable bonds is 4. The monoisotopic (exact) mass is 222 g/mol. The number of amides is 1. The highest BCUT2D eigenvalue weighted by Gasteiger charge is 2.03. The van der Waals surface area contributed by atoms with Gasteiger partial charge in [-0.25, -0.2) is 4.79 Å². The molecule has 1 aromatic rings. The van der Waals surface area contributed by atoms with Gasteiger partial charge in [0.05, 0.1) is 6.10 Å². The fourth-order valence-corrected chi connectivity index (χ4v) is 1.09. The van der Waals surface area contributed by atoms with Crippen molar-refractivity contribution < 1.29 is 14.3 Å². The summed E-state index contributed by atoms with van der Waals surface area (Å²) in [6.07, 6.45) is 0.549. The predicted octanol–water partition coefficient (Wildman–Crippen LogP) is 3.20. The van der Waals surface area contributed by atoms with Crippen molar-refractivity contribution in [2.24, 2.45) is 0 Å². The summed E-state index contributed by atoms with van der Waals surface area (Å²) in [5.74, 6) is 0.780. The van der Waals surface area contributed by atoms with Gasteiger partial charge in [-0.15, -0.1) is 0 Å². The maximum Gasteiger partial charge on any atom is 0.411 e. The van der Waals surface area contributed by atoms with Gasteiger partial charge in [0.15, 0.2) is 0 Å². The van der Waals surface area contributed by atoms with E-state index >= 15 is 0 Å². The number of hydrogen-bond donors (Lipinski definition) is 1. The minimum atomic E-state index is -0.587. The zero-order chi connectivity index (χ0) is 12.0. The molecule has 0 aliphatic rings. The third kappa shape index (κ3) is 3.81. The average Bonchev–Trinajstić information content (AvgIpc) is 2.31. The Balaban J connectivity index is 2.57. The maximum atomic E-state index is 10.9. The van der Waals surface area contributed by atoms with E-state index in [1.807, 2.05) is 6.92 Å². The van der Waals surface area contributed by atoms with E-state index in [1.165, 1.54) is 0 Å². The highest BCUT2D eigenvalue weighted by atomic mass is 16.5. The van der Waals surface area contributed by atoms with Crippen molar-refractivity contribution in [3.63, 3.8) is 0 Å². The molecule has 0 aliphatic carbocycles. The molecule has 0 aliphatic heterocycles. The molecular formula is C12H16NO3. The van der Waals surface area contributed by atoms with E-state index in [1.54, 1.807) is 24.3 Å². The van der Waals surface area contributed by atoms with Gasteiger partial charge in [-0.05, 0) is 37.6 Å². The van der Waals surface area contributed by atoms with E-state index in [0.717, 1.165) is 12.2 Å². The molecule has 0 heterocycles. The number of anilines is 1. The third-order valence-corrected chi connectivity index (χ3v) is 2.14. The molecular weight excluding hydrogens is 206 g/mol. The van der Waals surface area contributed by atoms with Crippen LogP contribution in [-0.2, 0) is 4.74 Å². The van der Waals surface area contributed by atoms with Gasteiger partial charge < -0.3 is 9.47 Å². The fourth-order valence-electron chi connectivity index (χ4n) is 1.09. The van der Waals surface area contributed by atoms with Crippen molar-refractivity contribution in [3.05, 3.63) is 31.4 Å². The third-order valence-electron chi connectivity index (χ3n) is 2.14. The summed E-state index contributed by atoms with van der Waals surface area (Å²) in [7, 11) is 3.01. The first-order valence-corrected chi connectivity index (χ1v) is 5.15. The molecule has 1 atom stereocenters. The maximum absolute atomic E-state index is 10.9. The molecule has 1 amide bonds. The highest BCUT2D eigenvalue weighted by molar-refractivity contribution is 5.84. The van der Waals surface area contributed by atoms with Gasteiger partial charge in [0, 0.05) is 5.69 Å². The molecule has 0 saturated carbocycles. The van der Waals surface area contributed by atoms with Gasteiger partial charge in [-0.2, -0.15) is 0 Å². The number of hydrogen-bond acceptors (Lipinski definition) is 3. The van der Waals surface area contributed by atoms with E-state index < -0.39 is 6.09 Å². The largest absolute Gasteiger partial charge is 0.491 e. The number of carbonyl (C=O) groups excluding carboxylic acids is 1. The Hall–Kier alpha value is -1.71. The second-order valence-electron chi connectivity index (χ2n) is 3.42. The summed E-state index contributed by atoms with van der Waals surface area (Å²) >= 11 is 0. The van der Waals surface area contributed by atoms with E-state index in [9.17, 15) is 4.79 Å². The summed E-state index contributed by atoms with van der Waals surface area (Å²) in [6, 6.07) is 7.08. The van der Waals surface area contributed by atoms with Gasteiger partial charge in [0.1, 0.15) is 12.9 Å². The van der Waals surface area contributed by atoms with Gasteiger partial charge in [0.25, 0.3) is 0 Å². The second-order valence-corrected chi connectivity index (χ2v) is 3.42. The van der Waals surface area contributed by atoms with Crippen LogP contribution in [0.4, 0.5) is 10.5 Å². The number of ether oxygens (including phenoxy) is 2. The van der Waals surface area contributed by atoms with Crippen LogP contribution in [0.1, 0.15) is 20.3 Å². The van der Waals surface area contributed by atoms with Crippen molar-refractivity contribution in [1.29, 1.82) is 0 Å². The molecule has 0 saturated heterocycles. The summed E-state index contributed by atoms with van der Waals surface area (Å²) in [6.45, 7) is 4.07. The van der Waals surface area contributed by atoms with Crippen molar-refractivity contribution >= 4 is 11.8 Å². The molecule has 1 unspecified atom stereocenters. The highest BCUT2D eigenvalue weighted by Crippen LogP contribution is 2.17. The topological polar surface area (TPSA) is 47.6 Å². The van der Waals surface area contributed by atoms with Crippen LogP contribution in [0.25, 0.3) is 0 Å². The smallest absolute Gasteiger partial charge is 0.411 e. The molecule has 1 N–H and O–H groups in total. The number of carbonyl (C=O) groups is 1. The number of nitrogens with one attached hydrogen (secondary N) is 1. The van der Waals surface area contributed by atoms with Gasteiger partial charge >= 0.3 is 6.09 Å². The molecule has 0 aromatic heterocycles. The van der Waals surface area contributed by atoms with Gasteiger partial charge in [-0.3, -0.25) is 5.32 Å². The first kappa shape index (κ1) is 12.4. The summed E-state index contributed by atoms with van der Waals surface area (Å²) in [4.78, 5) is 10.9. The second kappa shape index (κ2) is 6.00. The molecule has 4 nitrogen and oxygen atoms in total. The van der Waals surface area contributed by atoms with Gasteiger partial charge in [-0.1, -0.05) is 6.92 Å². The molecule has 0 spiro atoms. The predicted molar refractivity (Wildman–Crippen MR) is 62.3 cm³/mol. The molecule has 1 radical (unpaired) electrons. The summed E-state index contributed by atoms with van der Waals surface area (Å²) in [5, 5.41) is 2.51. The Morgan fingerprint density at radius 1 is 1.44 bits per heavy atom. The first-order chi connectivity index (χ1) is 7.65. The van der Waals surface area contributed by atoms with E-state index in [4.69, 9.17) is 4.74 Å². The SMILES string of the molecule is [CH2]OC(=O)Nc1ccc(OC(C)CC)cc1. The van der Waals surface area contributed by atoms with Crippen LogP contribution in [0.5, 0.6) is 5.75 Å². The standard InChI is InChI=1S/C12H16NO3/c1-4-9(2)16-11-7-5-10(6-8-11)13-12(14)15-3/h5-9H,3-4H2,1-2H3,(H,13,14). The molecule has 0 bridgehead atoms. The Morgan fingerprint density at radius 3 is 2.56 bits per heavy atom. The molecule has 4 heteroatoms. The molecule has 16 heavy (non-hydrogen) atoms. The van der Waals surface area contributed by atoms with E-state index in [2.05, 4.69) is 24.1 Å². The Labute approximate surface area is 95.6 Å². The fraction of sp³-hybridized carbons (Fsp3) is 0.333.